The highest BCUT2D eigenvalue weighted by molar-refractivity contribution is 7.89. The molecule has 3 aromatic rings. The first-order valence-corrected chi connectivity index (χ1v) is 9.54. The Hall–Kier alpha value is -2.97. The second-order valence-electron chi connectivity index (χ2n) is 6.19. The quantitative estimate of drug-likeness (QED) is 0.543. The third-order valence-corrected chi connectivity index (χ3v) is 5.01. The minimum Gasteiger partial charge on any atom is -0.457 e. The molecular formula is C19H17NO6S. The molecule has 0 aliphatic carbocycles. The molecule has 2 N–H and O–H groups in total. The lowest BCUT2D eigenvalue weighted by Gasteiger charge is -2.10. The maximum atomic E-state index is 12.4. The molecule has 0 fully saturated rings. The largest absolute Gasteiger partial charge is 0.457 e. The zero-order valence-electron chi connectivity index (χ0n) is 14.7. The van der Waals surface area contributed by atoms with Crippen molar-refractivity contribution in [3.8, 4) is 0 Å². The van der Waals surface area contributed by atoms with Gasteiger partial charge in [-0.2, -0.15) is 0 Å². The summed E-state index contributed by atoms with van der Waals surface area (Å²) in [6, 6.07) is 10.6. The zero-order chi connectivity index (χ0) is 19.8. The molecule has 0 atom stereocenters. The molecule has 1 heterocycles. The Morgan fingerprint density at radius 1 is 1.11 bits per heavy atom. The van der Waals surface area contributed by atoms with Gasteiger partial charge >= 0.3 is 11.6 Å². The summed E-state index contributed by atoms with van der Waals surface area (Å²) in [7, 11) is -3.94. The fraction of sp³-hybridized carbons (Fsp3) is 0.158. The minimum absolute atomic E-state index is 0.0876. The van der Waals surface area contributed by atoms with Crippen LogP contribution < -0.4 is 10.8 Å². The van der Waals surface area contributed by atoms with E-state index in [1.807, 2.05) is 13.0 Å². The Morgan fingerprint density at radius 3 is 2.56 bits per heavy atom. The van der Waals surface area contributed by atoms with Crippen LogP contribution in [0.5, 0.6) is 0 Å². The van der Waals surface area contributed by atoms with Crippen LogP contribution in [0.25, 0.3) is 11.0 Å². The lowest BCUT2D eigenvalue weighted by Crippen LogP contribution is -2.14. The van der Waals surface area contributed by atoms with Gasteiger partial charge in [0.15, 0.2) is 0 Å². The van der Waals surface area contributed by atoms with Crippen molar-refractivity contribution in [2.45, 2.75) is 25.3 Å². The van der Waals surface area contributed by atoms with Crippen molar-refractivity contribution in [1.82, 2.24) is 0 Å². The second-order valence-corrected chi connectivity index (χ2v) is 7.75. The normalized spacial score (nSPS) is 11.5. The Balaban J connectivity index is 1.91. The molecule has 2 aromatic carbocycles. The second kappa shape index (κ2) is 6.98. The summed E-state index contributed by atoms with van der Waals surface area (Å²) in [4.78, 5) is 24.0. The van der Waals surface area contributed by atoms with Crippen molar-refractivity contribution < 1.29 is 22.4 Å². The van der Waals surface area contributed by atoms with Gasteiger partial charge in [-0.15, -0.1) is 0 Å². The van der Waals surface area contributed by atoms with Gasteiger partial charge in [0.25, 0.3) is 0 Å². The molecule has 27 heavy (non-hydrogen) atoms. The summed E-state index contributed by atoms with van der Waals surface area (Å²) < 4.78 is 33.5. The maximum Gasteiger partial charge on any atom is 0.338 e. The minimum atomic E-state index is -3.94. The average Bonchev–Trinajstić information content (AvgIpc) is 2.58. The fourth-order valence-corrected chi connectivity index (χ4v) is 3.22. The average molecular weight is 387 g/mol. The molecule has 8 heteroatoms. The van der Waals surface area contributed by atoms with E-state index in [4.69, 9.17) is 14.3 Å². The van der Waals surface area contributed by atoms with Crippen LogP contribution in [0.4, 0.5) is 0 Å². The van der Waals surface area contributed by atoms with E-state index in [1.165, 1.54) is 24.3 Å². The van der Waals surface area contributed by atoms with Gasteiger partial charge in [0, 0.05) is 17.0 Å². The van der Waals surface area contributed by atoms with Gasteiger partial charge in [-0.1, -0.05) is 18.2 Å². The Bertz CT molecular complexity index is 1210. The van der Waals surface area contributed by atoms with Crippen LogP contribution in [-0.4, -0.2) is 14.4 Å². The van der Waals surface area contributed by atoms with Gasteiger partial charge in [0.05, 0.1) is 10.5 Å². The predicted octanol–water partition coefficient (Wildman–Crippen LogP) is 2.41. The molecule has 0 aliphatic rings. The summed E-state index contributed by atoms with van der Waals surface area (Å²) in [6.45, 7) is 3.36. The molecule has 7 nitrogen and oxygen atoms in total. The highest BCUT2D eigenvalue weighted by Gasteiger charge is 2.17. The first-order valence-electron chi connectivity index (χ1n) is 7.99. The van der Waals surface area contributed by atoms with Crippen molar-refractivity contribution in [2.24, 2.45) is 5.14 Å². The van der Waals surface area contributed by atoms with Crippen molar-refractivity contribution in [3.05, 3.63) is 75.1 Å². The number of hydrogen-bond donors (Lipinski definition) is 1. The van der Waals surface area contributed by atoms with Crippen LogP contribution in [0.2, 0.25) is 0 Å². The topological polar surface area (TPSA) is 117 Å². The van der Waals surface area contributed by atoms with E-state index >= 15 is 0 Å². The Labute approximate surface area is 155 Å². The lowest BCUT2D eigenvalue weighted by molar-refractivity contribution is 0.0472. The monoisotopic (exact) mass is 387 g/mol. The van der Waals surface area contributed by atoms with Gasteiger partial charge in [-0.25, -0.2) is 23.1 Å². The molecule has 0 amide bonds. The van der Waals surface area contributed by atoms with Gasteiger partial charge in [0.2, 0.25) is 10.0 Å². The van der Waals surface area contributed by atoms with E-state index in [1.54, 1.807) is 19.1 Å². The summed E-state index contributed by atoms with van der Waals surface area (Å²) in [5.74, 6) is -0.716. The van der Waals surface area contributed by atoms with Crippen LogP contribution in [0.3, 0.4) is 0 Å². The van der Waals surface area contributed by atoms with Crippen LogP contribution in [0.15, 0.2) is 56.6 Å². The number of carbonyl (C=O) groups excluding carboxylic acids is 1. The molecule has 0 spiro atoms. The molecule has 0 unspecified atom stereocenters. The number of ether oxygens (including phenoxy) is 1. The Kier molecular flexibility index (Phi) is 4.86. The van der Waals surface area contributed by atoms with E-state index in [9.17, 15) is 18.0 Å². The number of benzene rings is 2. The van der Waals surface area contributed by atoms with Gasteiger partial charge in [-0.05, 0) is 43.2 Å². The van der Waals surface area contributed by atoms with Gasteiger partial charge < -0.3 is 9.15 Å². The van der Waals surface area contributed by atoms with E-state index in [2.05, 4.69) is 0 Å². The van der Waals surface area contributed by atoms with E-state index in [-0.39, 0.29) is 17.1 Å². The molecule has 140 valence electrons. The first-order chi connectivity index (χ1) is 12.6. The summed E-state index contributed by atoms with van der Waals surface area (Å²) in [6.07, 6.45) is 0. The van der Waals surface area contributed by atoms with Crippen molar-refractivity contribution in [3.63, 3.8) is 0 Å². The molecule has 0 radical (unpaired) electrons. The number of primary sulfonamides is 1. The van der Waals surface area contributed by atoms with Crippen molar-refractivity contribution in [1.29, 1.82) is 0 Å². The van der Waals surface area contributed by atoms with Crippen LogP contribution >= 0.6 is 0 Å². The number of sulfonamides is 1. The third kappa shape index (κ3) is 4.07. The number of hydrogen-bond acceptors (Lipinski definition) is 6. The maximum absolute atomic E-state index is 12.4. The molecule has 0 bridgehead atoms. The number of fused-ring (bicyclic) bond motifs is 1. The molecule has 0 saturated heterocycles. The third-order valence-electron chi connectivity index (χ3n) is 4.10. The molecule has 0 aliphatic heterocycles. The zero-order valence-corrected chi connectivity index (χ0v) is 15.5. The summed E-state index contributed by atoms with van der Waals surface area (Å²) >= 11 is 0. The molecule has 3 rings (SSSR count). The molecular weight excluding hydrogens is 370 g/mol. The lowest BCUT2D eigenvalue weighted by atomic mass is 10.1. The van der Waals surface area contributed by atoms with Crippen LogP contribution in [0, 0.1) is 13.8 Å². The SMILES string of the molecule is Cc1ccc2c(COC(=O)c3cc(S(N)(=O)=O)ccc3C)cc(=O)oc2c1. The molecule has 0 saturated carbocycles. The van der Waals surface area contributed by atoms with Crippen LogP contribution in [-0.2, 0) is 21.4 Å². The number of aryl methyl sites for hydroxylation is 2. The fourth-order valence-electron chi connectivity index (χ4n) is 2.68. The number of esters is 1. The highest BCUT2D eigenvalue weighted by Crippen LogP contribution is 2.21. The van der Waals surface area contributed by atoms with Gasteiger partial charge in [0.1, 0.15) is 12.2 Å². The summed E-state index contributed by atoms with van der Waals surface area (Å²) in [5, 5.41) is 5.76. The predicted molar refractivity (Wildman–Crippen MR) is 98.9 cm³/mol. The first kappa shape index (κ1) is 18.8. The van der Waals surface area contributed by atoms with Crippen molar-refractivity contribution >= 4 is 27.0 Å². The Morgan fingerprint density at radius 2 is 1.85 bits per heavy atom. The van der Waals surface area contributed by atoms with Crippen molar-refractivity contribution in [2.75, 3.05) is 0 Å². The standard InChI is InChI=1S/C19H17NO6S/c1-11-3-6-15-13(8-18(21)26-17(15)7-11)10-25-19(22)16-9-14(27(20,23)24)5-4-12(16)2/h3-9H,10H2,1-2H3,(H2,20,23,24). The molecule has 1 aromatic heterocycles. The smallest absolute Gasteiger partial charge is 0.338 e. The highest BCUT2D eigenvalue weighted by atomic mass is 32.2. The number of nitrogens with two attached hydrogens (primary N) is 1. The number of carbonyl (C=O) groups is 1. The van der Waals surface area contributed by atoms with E-state index in [0.717, 1.165) is 5.56 Å². The summed E-state index contributed by atoms with van der Waals surface area (Å²) in [5.41, 5.74) is 1.91. The van der Waals surface area contributed by atoms with Gasteiger partial charge in [-0.3, -0.25) is 0 Å². The van der Waals surface area contributed by atoms with Crippen LogP contribution in [0.1, 0.15) is 27.0 Å². The number of rotatable bonds is 4. The van der Waals surface area contributed by atoms with E-state index < -0.39 is 21.6 Å². The van der Waals surface area contributed by atoms with E-state index in [0.29, 0.717) is 22.1 Å².